The molecule has 1 amide bonds. The molecule has 3 nitrogen and oxygen atoms in total. The van der Waals surface area contributed by atoms with Gasteiger partial charge >= 0.3 is 0 Å². The van der Waals surface area contributed by atoms with E-state index in [-0.39, 0.29) is 0 Å². The van der Waals surface area contributed by atoms with Gasteiger partial charge in [0.1, 0.15) is 0 Å². The van der Waals surface area contributed by atoms with Crippen molar-refractivity contribution < 1.29 is 4.79 Å². The van der Waals surface area contributed by atoms with Gasteiger partial charge in [-0.25, -0.2) is 0 Å². The van der Waals surface area contributed by atoms with Gasteiger partial charge in [0, 0.05) is 17.2 Å². The molecule has 1 aliphatic heterocycles. The van der Waals surface area contributed by atoms with Crippen LogP contribution in [0.1, 0.15) is 45.4 Å². The standard InChI is InChI=1S/C15H26N2OS/c1-2-19-12-4-3-11(9-12)17-14(18)13-10-15(13)5-7-16-8-6-15/h11-13,16H,2-10H2,1H3,(H,17,18). The van der Waals surface area contributed by atoms with Gasteiger partial charge < -0.3 is 10.6 Å². The van der Waals surface area contributed by atoms with Crippen LogP contribution in [0.3, 0.4) is 0 Å². The molecule has 3 rings (SSSR count). The molecule has 3 atom stereocenters. The summed E-state index contributed by atoms with van der Waals surface area (Å²) >= 11 is 2.06. The molecular formula is C15H26N2OS. The van der Waals surface area contributed by atoms with Crippen LogP contribution < -0.4 is 10.6 Å². The van der Waals surface area contributed by atoms with Gasteiger partial charge in [-0.05, 0) is 62.8 Å². The van der Waals surface area contributed by atoms with Crippen molar-refractivity contribution in [2.75, 3.05) is 18.8 Å². The molecule has 2 N–H and O–H groups in total. The number of nitrogens with one attached hydrogen (secondary N) is 2. The minimum Gasteiger partial charge on any atom is -0.353 e. The second kappa shape index (κ2) is 5.65. The predicted octanol–water partition coefficient (Wildman–Crippen LogP) is 2.17. The zero-order valence-corrected chi connectivity index (χ0v) is 12.7. The van der Waals surface area contributed by atoms with E-state index in [0.717, 1.165) is 24.8 Å². The van der Waals surface area contributed by atoms with Gasteiger partial charge in [0.05, 0.1) is 0 Å². The molecule has 0 aromatic heterocycles. The van der Waals surface area contributed by atoms with Gasteiger partial charge in [-0.15, -0.1) is 0 Å². The molecule has 2 saturated carbocycles. The highest BCUT2D eigenvalue weighted by Crippen LogP contribution is 2.58. The molecule has 3 aliphatic rings. The topological polar surface area (TPSA) is 41.1 Å². The van der Waals surface area contributed by atoms with Crippen molar-refractivity contribution in [3.05, 3.63) is 0 Å². The molecule has 0 aromatic rings. The first-order valence-electron chi connectivity index (χ1n) is 7.86. The van der Waals surface area contributed by atoms with Crippen LogP contribution in [0.5, 0.6) is 0 Å². The Kier molecular flexibility index (Phi) is 4.08. The summed E-state index contributed by atoms with van der Waals surface area (Å²) in [5, 5.41) is 7.51. The Bertz CT molecular complexity index is 341. The highest BCUT2D eigenvalue weighted by Gasteiger charge is 2.57. The second-order valence-electron chi connectivity index (χ2n) is 6.46. The van der Waals surface area contributed by atoms with E-state index in [1.807, 2.05) is 0 Å². The minimum atomic E-state index is 0.326. The van der Waals surface area contributed by atoms with E-state index < -0.39 is 0 Å². The quantitative estimate of drug-likeness (QED) is 0.830. The number of rotatable bonds is 4. The summed E-state index contributed by atoms with van der Waals surface area (Å²) in [6.07, 6.45) is 7.19. The van der Waals surface area contributed by atoms with Crippen LogP contribution in [0.2, 0.25) is 0 Å². The second-order valence-corrected chi connectivity index (χ2v) is 8.04. The van der Waals surface area contributed by atoms with Crippen molar-refractivity contribution in [3.63, 3.8) is 0 Å². The normalized spacial score (nSPS) is 36.4. The average molecular weight is 282 g/mol. The number of piperidine rings is 1. The number of hydrogen-bond donors (Lipinski definition) is 2. The Morgan fingerprint density at radius 1 is 1.37 bits per heavy atom. The Morgan fingerprint density at radius 3 is 2.89 bits per heavy atom. The summed E-state index contributed by atoms with van der Waals surface area (Å²) < 4.78 is 0. The van der Waals surface area contributed by atoms with Crippen LogP contribution in [-0.4, -0.2) is 36.0 Å². The Hall–Kier alpha value is -0.220. The molecule has 108 valence electrons. The fraction of sp³-hybridized carbons (Fsp3) is 0.933. The van der Waals surface area contributed by atoms with Crippen molar-refractivity contribution in [1.82, 2.24) is 10.6 Å². The molecule has 1 saturated heterocycles. The first-order valence-corrected chi connectivity index (χ1v) is 8.91. The van der Waals surface area contributed by atoms with Crippen LogP contribution >= 0.6 is 11.8 Å². The summed E-state index contributed by atoms with van der Waals surface area (Å²) in [4.78, 5) is 12.4. The Morgan fingerprint density at radius 2 is 2.16 bits per heavy atom. The van der Waals surface area contributed by atoms with E-state index in [1.165, 1.54) is 37.9 Å². The average Bonchev–Trinajstić information content (AvgIpc) is 2.91. The molecule has 1 heterocycles. The zero-order valence-electron chi connectivity index (χ0n) is 11.9. The molecule has 0 bridgehead atoms. The molecule has 3 fully saturated rings. The number of thioether (sulfide) groups is 1. The van der Waals surface area contributed by atoms with E-state index in [4.69, 9.17) is 0 Å². The summed E-state index contributed by atoms with van der Waals surface area (Å²) in [6.45, 7) is 4.42. The lowest BCUT2D eigenvalue weighted by molar-refractivity contribution is -0.123. The maximum atomic E-state index is 12.4. The van der Waals surface area contributed by atoms with Crippen LogP contribution in [-0.2, 0) is 4.79 Å². The maximum Gasteiger partial charge on any atom is 0.223 e. The first-order chi connectivity index (χ1) is 9.23. The van der Waals surface area contributed by atoms with Gasteiger partial charge in [-0.1, -0.05) is 6.92 Å². The Labute approximate surface area is 120 Å². The lowest BCUT2D eigenvalue weighted by atomic mass is 9.91. The molecule has 2 aliphatic carbocycles. The van der Waals surface area contributed by atoms with Crippen LogP contribution in [0.4, 0.5) is 0 Å². The number of hydrogen-bond acceptors (Lipinski definition) is 3. The SMILES string of the molecule is CCSC1CCC(NC(=O)C2CC23CCNCC3)C1. The lowest BCUT2D eigenvalue weighted by Gasteiger charge is -2.23. The van der Waals surface area contributed by atoms with Crippen molar-refractivity contribution in [2.24, 2.45) is 11.3 Å². The molecule has 3 unspecified atom stereocenters. The maximum absolute atomic E-state index is 12.4. The lowest BCUT2D eigenvalue weighted by Crippen LogP contribution is -2.37. The molecular weight excluding hydrogens is 256 g/mol. The van der Waals surface area contributed by atoms with Crippen molar-refractivity contribution >= 4 is 17.7 Å². The fourth-order valence-electron chi connectivity index (χ4n) is 3.96. The van der Waals surface area contributed by atoms with Gasteiger partial charge in [0.2, 0.25) is 5.91 Å². The smallest absolute Gasteiger partial charge is 0.223 e. The number of amides is 1. The van der Waals surface area contributed by atoms with Crippen molar-refractivity contribution in [3.8, 4) is 0 Å². The van der Waals surface area contributed by atoms with E-state index >= 15 is 0 Å². The van der Waals surface area contributed by atoms with Gasteiger partial charge in [-0.2, -0.15) is 11.8 Å². The van der Waals surface area contributed by atoms with Gasteiger partial charge in [0.15, 0.2) is 0 Å². The molecule has 0 radical (unpaired) electrons. The van der Waals surface area contributed by atoms with Gasteiger partial charge in [0.25, 0.3) is 0 Å². The first kappa shape index (κ1) is 13.7. The van der Waals surface area contributed by atoms with Crippen LogP contribution in [0.15, 0.2) is 0 Å². The summed E-state index contributed by atoms with van der Waals surface area (Å²) in [6, 6.07) is 0.455. The highest BCUT2D eigenvalue weighted by molar-refractivity contribution is 7.99. The third-order valence-corrected chi connectivity index (χ3v) is 6.47. The molecule has 1 spiro atoms. The molecule has 19 heavy (non-hydrogen) atoms. The predicted molar refractivity (Wildman–Crippen MR) is 80.3 cm³/mol. The largest absolute Gasteiger partial charge is 0.353 e. The Balaban J connectivity index is 1.45. The van der Waals surface area contributed by atoms with Crippen LogP contribution in [0, 0.1) is 11.3 Å². The van der Waals surface area contributed by atoms with E-state index in [1.54, 1.807) is 0 Å². The summed E-state index contributed by atoms with van der Waals surface area (Å²) in [5.41, 5.74) is 0.380. The minimum absolute atomic E-state index is 0.326. The van der Waals surface area contributed by atoms with E-state index in [0.29, 0.717) is 23.3 Å². The highest BCUT2D eigenvalue weighted by atomic mass is 32.2. The van der Waals surface area contributed by atoms with E-state index in [9.17, 15) is 4.79 Å². The number of carbonyl (C=O) groups is 1. The van der Waals surface area contributed by atoms with Gasteiger partial charge in [-0.3, -0.25) is 4.79 Å². The van der Waals surface area contributed by atoms with Crippen molar-refractivity contribution in [2.45, 2.75) is 56.7 Å². The molecule has 0 aromatic carbocycles. The third kappa shape index (κ3) is 2.94. The van der Waals surface area contributed by atoms with Crippen LogP contribution in [0.25, 0.3) is 0 Å². The monoisotopic (exact) mass is 282 g/mol. The van der Waals surface area contributed by atoms with Crippen molar-refractivity contribution in [1.29, 1.82) is 0 Å². The summed E-state index contributed by atoms with van der Waals surface area (Å²) in [7, 11) is 0. The zero-order chi connectivity index (χ0) is 13.3. The van der Waals surface area contributed by atoms with E-state index in [2.05, 4.69) is 29.3 Å². The number of carbonyl (C=O) groups excluding carboxylic acids is 1. The fourth-order valence-corrected chi connectivity index (χ4v) is 5.10. The molecule has 4 heteroatoms. The third-order valence-electron chi connectivity index (χ3n) is 5.24. The summed E-state index contributed by atoms with van der Waals surface area (Å²) in [5.74, 6) is 1.88.